The lowest BCUT2D eigenvalue weighted by Gasteiger charge is -2.10. The van der Waals surface area contributed by atoms with E-state index in [1.807, 2.05) is 0 Å². The first-order valence-electron chi connectivity index (χ1n) is 7.39. The first-order chi connectivity index (χ1) is 12.2. The minimum atomic E-state index is -0.971. The van der Waals surface area contributed by atoms with Crippen LogP contribution in [-0.2, 0) is 11.3 Å². The van der Waals surface area contributed by atoms with E-state index >= 15 is 0 Å². The molecule has 25 heavy (non-hydrogen) atoms. The third-order valence-electron chi connectivity index (χ3n) is 3.27. The predicted molar refractivity (Wildman–Crippen MR) is 90.5 cm³/mol. The molecule has 0 atom stereocenters. The molecule has 3 aromatic rings. The number of ether oxygens (including phenoxy) is 1. The molecule has 0 aliphatic rings. The molecule has 0 saturated heterocycles. The van der Waals surface area contributed by atoms with Crippen molar-refractivity contribution in [2.75, 3.05) is 12.4 Å². The Balaban J connectivity index is 1.92. The van der Waals surface area contributed by atoms with Crippen molar-refractivity contribution >= 4 is 17.5 Å². The third kappa shape index (κ3) is 4.12. The van der Waals surface area contributed by atoms with Crippen LogP contribution in [0.15, 0.2) is 48.9 Å². The number of aromatic carboxylic acids is 1. The third-order valence-corrected chi connectivity index (χ3v) is 3.27. The van der Waals surface area contributed by atoms with E-state index in [1.54, 1.807) is 43.9 Å². The lowest BCUT2D eigenvalue weighted by atomic mass is 10.2. The van der Waals surface area contributed by atoms with Gasteiger partial charge in [-0.25, -0.2) is 19.7 Å². The van der Waals surface area contributed by atoms with Crippen molar-refractivity contribution in [2.24, 2.45) is 0 Å². The summed E-state index contributed by atoms with van der Waals surface area (Å²) in [6, 6.07) is 8.14. The molecule has 8 nitrogen and oxygen atoms in total. The van der Waals surface area contributed by atoms with Gasteiger partial charge in [-0.1, -0.05) is 0 Å². The Kier molecular flexibility index (Phi) is 4.91. The second kappa shape index (κ2) is 7.45. The number of methoxy groups -OCH3 is 1. The van der Waals surface area contributed by atoms with Crippen LogP contribution in [0.5, 0.6) is 0 Å². The highest BCUT2D eigenvalue weighted by Gasteiger charge is 2.09. The van der Waals surface area contributed by atoms with Gasteiger partial charge >= 0.3 is 5.97 Å². The van der Waals surface area contributed by atoms with Gasteiger partial charge in [0.05, 0.1) is 24.1 Å². The average molecular weight is 337 g/mol. The van der Waals surface area contributed by atoms with Gasteiger partial charge in [-0.2, -0.15) is 0 Å². The van der Waals surface area contributed by atoms with Gasteiger partial charge in [0, 0.05) is 31.3 Å². The minimum Gasteiger partial charge on any atom is -0.478 e. The van der Waals surface area contributed by atoms with Gasteiger partial charge in [0.15, 0.2) is 5.82 Å². The fraction of sp³-hybridized carbons (Fsp3) is 0.118. The van der Waals surface area contributed by atoms with E-state index in [0.29, 0.717) is 35.3 Å². The highest BCUT2D eigenvalue weighted by Crippen LogP contribution is 2.20. The van der Waals surface area contributed by atoms with Crippen molar-refractivity contribution in [3.8, 4) is 11.5 Å². The van der Waals surface area contributed by atoms with Gasteiger partial charge in [-0.15, -0.1) is 0 Å². The highest BCUT2D eigenvalue weighted by atomic mass is 16.5. The van der Waals surface area contributed by atoms with Gasteiger partial charge in [0.1, 0.15) is 11.5 Å². The zero-order valence-electron chi connectivity index (χ0n) is 13.4. The monoisotopic (exact) mass is 337 g/mol. The highest BCUT2D eigenvalue weighted by molar-refractivity contribution is 5.88. The molecule has 3 rings (SSSR count). The fourth-order valence-electron chi connectivity index (χ4n) is 2.16. The molecule has 1 aromatic carbocycles. The maximum atomic E-state index is 10.9. The van der Waals surface area contributed by atoms with Crippen molar-refractivity contribution in [3.63, 3.8) is 0 Å². The van der Waals surface area contributed by atoms with Gasteiger partial charge in [-0.05, 0) is 24.3 Å². The van der Waals surface area contributed by atoms with Crippen molar-refractivity contribution in [3.05, 3.63) is 60.2 Å². The molecule has 0 spiro atoms. The number of carboxylic acid groups (broad SMARTS) is 1. The van der Waals surface area contributed by atoms with Crippen LogP contribution in [0.25, 0.3) is 11.5 Å². The lowest BCUT2D eigenvalue weighted by molar-refractivity contribution is 0.0697. The standard InChI is InChI=1S/C17H15N5O3/c1-25-10-13-8-15(20-12-4-2-11(3-5-12)17(23)24)22-16(21-13)14-9-18-6-7-19-14/h2-9H,10H2,1H3,(H,23,24)(H,20,21,22). The van der Waals surface area contributed by atoms with Crippen LogP contribution in [0, 0.1) is 0 Å². The number of hydrogen-bond acceptors (Lipinski definition) is 7. The van der Waals surface area contributed by atoms with Crippen LogP contribution in [0.3, 0.4) is 0 Å². The second-order valence-corrected chi connectivity index (χ2v) is 5.10. The average Bonchev–Trinajstić information content (AvgIpc) is 2.63. The zero-order valence-corrected chi connectivity index (χ0v) is 13.4. The molecule has 0 aliphatic carbocycles. The molecule has 0 radical (unpaired) electrons. The van der Waals surface area contributed by atoms with Gasteiger partial charge in [0.25, 0.3) is 0 Å². The van der Waals surface area contributed by atoms with Crippen LogP contribution >= 0.6 is 0 Å². The molecule has 2 heterocycles. The molecule has 2 aromatic heterocycles. The Morgan fingerprint density at radius 1 is 1.20 bits per heavy atom. The summed E-state index contributed by atoms with van der Waals surface area (Å²) in [6.07, 6.45) is 4.72. The van der Waals surface area contributed by atoms with Crippen LogP contribution < -0.4 is 5.32 Å². The Morgan fingerprint density at radius 2 is 2.00 bits per heavy atom. The summed E-state index contributed by atoms with van der Waals surface area (Å²) in [5.74, 6) is -0.000936. The molecular weight excluding hydrogens is 322 g/mol. The Bertz CT molecular complexity index is 869. The van der Waals surface area contributed by atoms with E-state index in [-0.39, 0.29) is 5.56 Å². The summed E-state index contributed by atoms with van der Waals surface area (Å²) < 4.78 is 5.15. The maximum absolute atomic E-state index is 10.9. The minimum absolute atomic E-state index is 0.216. The van der Waals surface area contributed by atoms with E-state index in [1.165, 1.54) is 12.1 Å². The molecule has 126 valence electrons. The molecule has 0 saturated carbocycles. The molecule has 2 N–H and O–H groups in total. The van der Waals surface area contributed by atoms with Crippen molar-refractivity contribution < 1.29 is 14.6 Å². The lowest BCUT2D eigenvalue weighted by Crippen LogP contribution is -2.03. The van der Waals surface area contributed by atoms with Crippen LogP contribution in [0.2, 0.25) is 0 Å². The number of hydrogen-bond donors (Lipinski definition) is 2. The second-order valence-electron chi connectivity index (χ2n) is 5.10. The maximum Gasteiger partial charge on any atom is 0.335 e. The Morgan fingerprint density at radius 3 is 2.64 bits per heavy atom. The number of carbonyl (C=O) groups is 1. The quantitative estimate of drug-likeness (QED) is 0.706. The van der Waals surface area contributed by atoms with Crippen LogP contribution in [0.1, 0.15) is 16.1 Å². The number of nitrogens with zero attached hydrogens (tertiary/aromatic N) is 4. The smallest absolute Gasteiger partial charge is 0.335 e. The Labute approximate surface area is 143 Å². The normalized spacial score (nSPS) is 10.4. The number of anilines is 2. The summed E-state index contributed by atoms with van der Waals surface area (Å²) in [5.41, 5.74) is 2.15. The zero-order chi connectivity index (χ0) is 17.6. The number of nitrogens with one attached hydrogen (secondary N) is 1. The van der Waals surface area contributed by atoms with E-state index in [2.05, 4.69) is 25.3 Å². The van der Waals surface area contributed by atoms with Crippen LogP contribution in [0.4, 0.5) is 11.5 Å². The molecular formula is C17H15N5O3. The van der Waals surface area contributed by atoms with E-state index in [9.17, 15) is 4.79 Å². The van der Waals surface area contributed by atoms with E-state index in [0.717, 1.165) is 0 Å². The molecule has 0 bridgehead atoms. The molecule has 0 fully saturated rings. The van der Waals surface area contributed by atoms with Gasteiger partial charge < -0.3 is 15.2 Å². The Hall–Kier alpha value is -3.39. The number of rotatable bonds is 6. The largest absolute Gasteiger partial charge is 0.478 e. The molecule has 8 heteroatoms. The summed E-state index contributed by atoms with van der Waals surface area (Å²) in [5, 5.41) is 12.1. The van der Waals surface area contributed by atoms with Gasteiger partial charge in [0.2, 0.25) is 0 Å². The summed E-state index contributed by atoms with van der Waals surface area (Å²) >= 11 is 0. The topological polar surface area (TPSA) is 110 Å². The van der Waals surface area contributed by atoms with E-state index < -0.39 is 5.97 Å². The fourth-order valence-corrected chi connectivity index (χ4v) is 2.16. The summed E-state index contributed by atoms with van der Waals surface area (Å²) in [4.78, 5) is 28.0. The molecule has 0 unspecified atom stereocenters. The van der Waals surface area contributed by atoms with Gasteiger partial charge in [-0.3, -0.25) is 4.98 Å². The SMILES string of the molecule is COCc1cc(Nc2ccc(C(=O)O)cc2)nc(-c2cnccn2)n1. The number of benzene rings is 1. The molecule has 0 aliphatic heterocycles. The number of carboxylic acids is 1. The van der Waals surface area contributed by atoms with Crippen molar-refractivity contribution in [1.29, 1.82) is 0 Å². The van der Waals surface area contributed by atoms with Crippen molar-refractivity contribution in [1.82, 2.24) is 19.9 Å². The van der Waals surface area contributed by atoms with Crippen LogP contribution in [-0.4, -0.2) is 38.1 Å². The first kappa shape index (κ1) is 16.5. The molecule has 0 amide bonds. The predicted octanol–water partition coefficient (Wildman–Crippen LogP) is 2.52. The summed E-state index contributed by atoms with van der Waals surface area (Å²) in [7, 11) is 1.59. The van der Waals surface area contributed by atoms with Crippen molar-refractivity contribution in [2.45, 2.75) is 6.61 Å². The first-order valence-corrected chi connectivity index (χ1v) is 7.39. The van der Waals surface area contributed by atoms with E-state index in [4.69, 9.17) is 9.84 Å². The summed E-state index contributed by atoms with van der Waals surface area (Å²) in [6.45, 7) is 0.322. The number of aromatic nitrogens is 4.